The molecule has 0 saturated carbocycles. The SMILES string of the molecule is CC(C)(C)C(=O)O.Cc1[c-]c(C)on1.[Zn]. The van der Waals surface area contributed by atoms with Crippen molar-refractivity contribution in [1.29, 1.82) is 0 Å². The predicted molar refractivity (Wildman–Crippen MR) is 51.9 cm³/mol. The number of carboxylic acids is 1. The molecule has 1 heterocycles. The minimum Gasteiger partial charge on any atom is -0.481 e. The van der Waals surface area contributed by atoms with Crippen molar-refractivity contribution in [2.24, 2.45) is 5.41 Å². The van der Waals surface area contributed by atoms with Gasteiger partial charge in [0, 0.05) is 19.5 Å². The number of aryl methyl sites for hydroxylation is 2. The molecule has 0 aliphatic carbocycles. The molecule has 0 fully saturated rings. The number of aromatic nitrogens is 1. The molecule has 0 saturated heterocycles. The fourth-order valence-corrected chi connectivity index (χ4v) is 0.437. The summed E-state index contributed by atoms with van der Waals surface area (Å²) in [5, 5.41) is 11.8. The predicted octanol–water partition coefficient (Wildman–Crippen LogP) is 2.21. The van der Waals surface area contributed by atoms with E-state index in [0.717, 1.165) is 11.5 Å². The Balaban J connectivity index is 0. The van der Waals surface area contributed by atoms with Crippen molar-refractivity contribution in [3.63, 3.8) is 0 Å². The maximum Gasteiger partial charge on any atom is 0.308 e. The first-order valence-corrected chi connectivity index (χ1v) is 4.29. The molecule has 1 aromatic rings. The van der Waals surface area contributed by atoms with Crippen LogP contribution >= 0.6 is 0 Å². The molecule has 0 radical (unpaired) electrons. The first-order valence-electron chi connectivity index (χ1n) is 4.29. The number of carbonyl (C=O) groups is 1. The van der Waals surface area contributed by atoms with E-state index >= 15 is 0 Å². The standard InChI is InChI=1S/C5H6NO.C5H10O2.Zn/c1-4-3-5(2)7-6-4;1-5(2,3)4(6)7;/h1-2H3;1-3H3,(H,6,7);/q-1;;. The molecule has 0 amide bonds. The molecule has 0 unspecified atom stereocenters. The van der Waals surface area contributed by atoms with Crippen molar-refractivity contribution >= 4 is 5.97 Å². The summed E-state index contributed by atoms with van der Waals surface area (Å²) in [6.07, 6.45) is 0. The Kier molecular flexibility index (Phi) is 7.50. The van der Waals surface area contributed by atoms with Crippen LogP contribution in [-0.2, 0) is 24.3 Å². The first kappa shape index (κ1) is 16.7. The summed E-state index contributed by atoms with van der Waals surface area (Å²) in [6.45, 7) is 8.65. The Morgan fingerprint density at radius 3 is 1.87 bits per heavy atom. The Labute approximate surface area is 103 Å². The number of aliphatic carboxylic acids is 1. The summed E-state index contributed by atoms with van der Waals surface area (Å²) in [6, 6.07) is 2.86. The van der Waals surface area contributed by atoms with E-state index in [1.165, 1.54) is 0 Å². The van der Waals surface area contributed by atoms with Crippen LogP contribution in [0.1, 0.15) is 32.2 Å². The van der Waals surface area contributed by atoms with Gasteiger partial charge in [-0.05, 0) is 33.5 Å². The molecule has 1 rings (SSSR count). The number of nitrogens with zero attached hydrogens (tertiary/aromatic N) is 1. The molecule has 0 spiro atoms. The minimum atomic E-state index is -0.757. The Morgan fingerprint density at radius 2 is 1.80 bits per heavy atom. The van der Waals surface area contributed by atoms with Gasteiger partial charge in [-0.1, -0.05) is 12.6 Å². The number of rotatable bonds is 0. The molecule has 0 aromatic carbocycles. The van der Waals surface area contributed by atoms with E-state index in [0.29, 0.717) is 0 Å². The molecule has 0 atom stereocenters. The number of hydrogen-bond acceptors (Lipinski definition) is 3. The summed E-state index contributed by atoms with van der Waals surface area (Å²) in [5.41, 5.74) is 0.234. The van der Waals surface area contributed by atoms with Crippen LogP contribution in [0.3, 0.4) is 0 Å². The maximum atomic E-state index is 10.0. The fourth-order valence-electron chi connectivity index (χ4n) is 0.437. The molecule has 15 heavy (non-hydrogen) atoms. The summed E-state index contributed by atoms with van der Waals surface area (Å²) in [4.78, 5) is 10.0. The maximum absolute atomic E-state index is 10.0. The Hall–Kier alpha value is -0.697. The van der Waals surface area contributed by atoms with Crippen molar-refractivity contribution in [3.8, 4) is 0 Å². The average molecular weight is 264 g/mol. The number of carboxylic acid groups (broad SMARTS) is 1. The average Bonchev–Trinajstić information content (AvgIpc) is 2.33. The number of hydrogen-bond donors (Lipinski definition) is 1. The van der Waals surface area contributed by atoms with Crippen LogP contribution < -0.4 is 0 Å². The molecule has 1 N–H and O–H groups in total. The van der Waals surface area contributed by atoms with E-state index in [1.807, 2.05) is 13.8 Å². The molecule has 0 aliphatic heterocycles. The molecular formula is C10H16NO3Zn-. The smallest absolute Gasteiger partial charge is 0.308 e. The van der Waals surface area contributed by atoms with Gasteiger partial charge in [0.05, 0.1) is 5.41 Å². The third kappa shape index (κ3) is 8.31. The van der Waals surface area contributed by atoms with Crippen molar-refractivity contribution < 1.29 is 33.9 Å². The molecule has 4 nitrogen and oxygen atoms in total. The summed E-state index contributed by atoms with van der Waals surface area (Å²) in [7, 11) is 0. The van der Waals surface area contributed by atoms with E-state index in [9.17, 15) is 4.79 Å². The third-order valence-corrected chi connectivity index (χ3v) is 1.32. The molecule has 0 bridgehead atoms. The van der Waals surface area contributed by atoms with Crippen molar-refractivity contribution in [1.82, 2.24) is 5.16 Å². The van der Waals surface area contributed by atoms with Crippen LogP contribution in [-0.4, -0.2) is 16.2 Å². The first-order chi connectivity index (χ1) is 6.23. The van der Waals surface area contributed by atoms with Crippen molar-refractivity contribution in [2.75, 3.05) is 0 Å². The van der Waals surface area contributed by atoms with Gasteiger partial charge in [0.2, 0.25) is 0 Å². The van der Waals surface area contributed by atoms with Crippen LogP contribution in [0, 0.1) is 25.3 Å². The van der Waals surface area contributed by atoms with Gasteiger partial charge in [0.25, 0.3) is 0 Å². The Morgan fingerprint density at radius 1 is 1.40 bits per heavy atom. The largest absolute Gasteiger partial charge is 0.481 e. The summed E-state index contributed by atoms with van der Waals surface area (Å²) < 4.78 is 4.66. The second kappa shape index (κ2) is 6.73. The third-order valence-electron chi connectivity index (χ3n) is 1.32. The van der Waals surface area contributed by atoms with E-state index in [-0.39, 0.29) is 19.5 Å². The minimum absolute atomic E-state index is 0. The molecular weight excluding hydrogens is 248 g/mol. The summed E-state index contributed by atoms with van der Waals surface area (Å²) in [5.74, 6) is -0.00926. The monoisotopic (exact) mass is 262 g/mol. The second-order valence-electron chi connectivity index (χ2n) is 4.00. The van der Waals surface area contributed by atoms with Gasteiger partial charge in [-0.2, -0.15) is 0 Å². The van der Waals surface area contributed by atoms with E-state index in [2.05, 4.69) is 15.7 Å². The molecule has 1 aromatic heterocycles. The van der Waals surface area contributed by atoms with Gasteiger partial charge in [0.1, 0.15) is 0 Å². The van der Waals surface area contributed by atoms with Crippen molar-refractivity contribution in [2.45, 2.75) is 34.6 Å². The second-order valence-corrected chi connectivity index (χ2v) is 4.00. The molecule has 5 heteroatoms. The van der Waals surface area contributed by atoms with Gasteiger partial charge < -0.3 is 15.7 Å². The molecule has 0 aliphatic rings. The van der Waals surface area contributed by atoms with E-state index in [1.54, 1.807) is 20.8 Å². The van der Waals surface area contributed by atoms with Crippen LogP contribution in [0.15, 0.2) is 4.52 Å². The zero-order valence-electron chi connectivity index (χ0n) is 9.92. The Bertz CT molecular complexity index is 285. The molecule has 82 valence electrons. The van der Waals surface area contributed by atoms with Gasteiger partial charge >= 0.3 is 5.97 Å². The van der Waals surface area contributed by atoms with Crippen LogP contribution in [0.5, 0.6) is 0 Å². The van der Waals surface area contributed by atoms with E-state index < -0.39 is 11.4 Å². The van der Waals surface area contributed by atoms with Crippen LogP contribution in [0.25, 0.3) is 0 Å². The van der Waals surface area contributed by atoms with Gasteiger partial charge in [0.15, 0.2) is 0 Å². The van der Waals surface area contributed by atoms with Crippen molar-refractivity contribution in [3.05, 3.63) is 17.5 Å². The zero-order valence-corrected chi connectivity index (χ0v) is 12.9. The zero-order chi connectivity index (χ0) is 11.4. The summed E-state index contributed by atoms with van der Waals surface area (Å²) >= 11 is 0. The van der Waals surface area contributed by atoms with Crippen LogP contribution in [0.4, 0.5) is 0 Å². The fraction of sp³-hybridized carbons (Fsp3) is 0.600. The van der Waals surface area contributed by atoms with Crippen LogP contribution in [0.2, 0.25) is 0 Å². The van der Waals surface area contributed by atoms with E-state index in [4.69, 9.17) is 5.11 Å². The quantitative estimate of drug-likeness (QED) is 0.576. The van der Waals surface area contributed by atoms with Gasteiger partial charge in [-0.15, -0.1) is 5.16 Å². The van der Waals surface area contributed by atoms with Gasteiger partial charge in [-0.3, -0.25) is 4.79 Å². The normalized spacial score (nSPS) is 9.67. The topological polar surface area (TPSA) is 63.3 Å². The van der Waals surface area contributed by atoms with Gasteiger partial charge in [-0.25, -0.2) is 0 Å².